The topological polar surface area (TPSA) is 47.8 Å². The molecule has 0 bridgehead atoms. The third-order valence-electron chi connectivity index (χ3n) is 4.49. The maximum absolute atomic E-state index is 5.46. The van der Waals surface area contributed by atoms with Crippen LogP contribution in [0.4, 0.5) is 5.82 Å². The highest BCUT2D eigenvalue weighted by molar-refractivity contribution is 5.78. The number of fused-ring (bicyclic) bond motifs is 1. The minimum absolute atomic E-state index is 0.682. The molecule has 0 atom stereocenters. The number of rotatable bonds is 6. The summed E-state index contributed by atoms with van der Waals surface area (Å²) in [4.78, 5) is 4.83. The Balaban J connectivity index is 1.78. The fourth-order valence-corrected chi connectivity index (χ4v) is 3.13. The molecule has 2 aromatic heterocycles. The fourth-order valence-electron chi connectivity index (χ4n) is 3.13. The number of aromatic nitrogens is 2. The lowest BCUT2D eigenvalue weighted by molar-refractivity contribution is 0.355. The number of ether oxygens (including phenoxy) is 2. The minimum Gasteiger partial charge on any atom is -0.493 e. The monoisotopic (exact) mass is 359 g/mol. The van der Waals surface area contributed by atoms with Crippen molar-refractivity contribution < 1.29 is 9.47 Å². The van der Waals surface area contributed by atoms with Gasteiger partial charge < -0.3 is 14.8 Å². The SMILES string of the molecule is COc1ccc(-c2nc3ccccn3c2NCc2ccccc2)cc1OC. The fraction of sp³-hybridized carbons (Fsp3) is 0.136. The second kappa shape index (κ2) is 7.41. The van der Waals surface area contributed by atoms with Crippen molar-refractivity contribution in [1.29, 1.82) is 0 Å². The second-order valence-electron chi connectivity index (χ2n) is 6.15. The van der Waals surface area contributed by atoms with Crippen molar-refractivity contribution in [2.45, 2.75) is 6.54 Å². The third-order valence-corrected chi connectivity index (χ3v) is 4.49. The molecule has 0 fully saturated rings. The van der Waals surface area contributed by atoms with Crippen LogP contribution in [0.3, 0.4) is 0 Å². The lowest BCUT2D eigenvalue weighted by atomic mass is 10.1. The minimum atomic E-state index is 0.682. The Morgan fingerprint density at radius 3 is 2.44 bits per heavy atom. The van der Waals surface area contributed by atoms with Crippen molar-refractivity contribution in [2.24, 2.45) is 0 Å². The first-order valence-electron chi connectivity index (χ1n) is 8.77. The van der Waals surface area contributed by atoms with Gasteiger partial charge in [0.25, 0.3) is 0 Å². The predicted molar refractivity (Wildman–Crippen MR) is 108 cm³/mol. The molecule has 2 aromatic carbocycles. The van der Waals surface area contributed by atoms with Gasteiger partial charge in [-0.15, -0.1) is 0 Å². The predicted octanol–water partition coefficient (Wildman–Crippen LogP) is 4.63. The summed E-state index contributed by atoms with van der Waals surface area (Å²) in [6.07, 6.45) is 2.01. The van der Waals surface area contributed by atoms with Crippen molar-refractivity contribution >= 4 is 11.5 Å². The van der Waals surface area contributed by atoms with Crippen LogP contribution in [-0.4, -0.2) is 23.6 Å². The smallest absolute Gasteiger partial charge is 0.161 e. The van der Waals surface area contributed by atoms with Gasteiger partial charge in [-0.2, -0.15) is 0 Å². The maximum atomic E-state index is 5.46. The van der Waals surface area contributed by atoms with Gasteiger partial charge in [0.15, 0.2) is 11.5 Å². The zero-order valence-electron chi connectivity index (χ0n) is 15.3. The molecule has 0 saturated heterocycles. The summed E-state index contributed by atoms with van der Waals surface area (Å²) in [5, 5.41) is 3.55. The summed E-state index contributed by atoms with van der Waals surface area (Å²) in [5.74, 6) is 2.33. The Hall–Kier alpha value is -3.47. The van der Waals surface area contributed by atoms with E-state index < -0.39 is 0 Å². The van der Waals surface area contributed by atoms with Crippen molar-refractivity contribution in [2.75, 3.05) is 19.5 Å². The van der Waals surface area contributed by atoms with Gasteiger partial charge in [0.2, 0.25) is 0 Å². The maximum Gasteiger partial charge on any atom is 0.161 e. The van der Waals surface area contributed by atoms with Crippen molar-refractivity contribution in [3.8, 4) is 22.8 Å². The van der Waals surface area contributed by atoms with Gasteiger partial charge in [-0.05, 0) is 35.9 Å². The molecule has 0 aliphatic rings. The van der Waals surface area contributed by atoms with Gasteiger partial charge in [-0.3, -0.25) is 4.40 Å². The molecular weight excluding hydrogens is 338 g/mol. The zero-order chi connectivity index (χ0) is 18.6. The van der Waals surface area contributed by atoms with Gasteiger partial charge in [-0.25, -0.2) is 4.98 Å². The molecule has 0 saturated carbocycles. The Morgan fingerprint density at radius 2 is 1.67 bits per heavy atom. The summed E-state index contributed by atoms with van der Waals surface area (Å²) < 4.78 is 12.9. The molecular formula is C22H21N3O2. The Bertz CT molecular complexity index is 1060. The molecule has 0 aliphatic carbocycles. The van der Waals surface area contributed by atoms with Gasteiger partial charge in [0.05, 0.1) is 14.2 Å². The number of imidazole rings is 1. The van der Waals surface area contributed by atoms with E-state index in [1.807, 2.05) is 60.8 Å². The average Bonchev–Trinajstić information content (AvgIpc) is 3.11. The van der Waals surface area contributed by atoms with Crippen molar-refractivity contribution in [1.82, 2.24) is 9.38 Å². The number of hydrogen-bond acceptors (Lipinski definition) is 4. The molecule has 0 aliphatic heterocycles. The Kier molecular flexibility index (Phi) is 4.66. The molecule has 5 nitrogen and oxygen atoms in total. The first-order valence-corrected chi connectivity index (χ1v) is 8.77. The van der Waals surface area contributed by atoms with Crippen LogP contribution >= 0.6 is 0 Å². The van der Waals surface area contributed by atoms with Crippen LogP contribution in [0.2, 0.25) is 0 Å². The van der Waals surface area contributed by atoms with Crippen LogP contribution in [0.25, 0.3) is 16.9 Å². The lowest BCUT2D eigenvalue weighted by Crippen LogP contribution is -2.03. The summed E-state index contributed by atoms with van der Waals surface area (Å²) in [5.41, 5.74) is 3.93. The number of anilines is 1. The lowest BCUT2D eigenvalue weighted by Gasteiger charge is -2.11. The third kappa shape index (κ3) is 3.31. The van der Waals surface area contributed by atoms with Crippen molar-refractivity contribution in [3.05, 3.63) is 78.5 Å². The number of nitrogens with one attached hydrogen (secondary N) is 1. The molecule has 136 valence electrons. The molecule has 0 radical (unpaired) electrons. The van der Waals surface area contributed by atoms with E-state index in [1.54, 1.807) is 14.2 Å². The largest absolute Gasteiger partial charge is 0.493 e. The highest BCUT2D eigenvalue weighted by atomic mass is 16.5. The summed E-state index contributed by atoms with van der Waals surface area (Å²) >= 11 is 0. The summed E-state index contributed by atoms with van der Waals surface area (Å²) in [6.45, 7) is 0.712. The van der Waals surface area contributed by atoms with Gasteiger partial charge in [0, 0.05) is 18.3 Å². The summed E-state index contributed by atoms with van der Waals surface area (Å²) in [7, 11) is 3.27. The quantitative estimate of drug-likeness (QED) is 0.545. The molecule has 4 rings (SSSR count). The molecule has 5 heteroatoms. The highest BCUT2D eigenvalue weighted by Gasteiger charge is 2.16. The molecule has 4 aromatic rings. The van der Waals surface area contributed by atoms with E-state index in [4.69, 9.17) is 14.5 Å². The number of pyridine rings is 1. The van der Waals surface area contributed by atoms with E-state index in [9.17, 15) is 0 Å². The molecule has 0 unspecified atom stereocenters. The van der Waals surface area contributed by atoms with E-state index in [2.05, 4.69) is 21.9 Å². The van der Waals surface area contributed by atoms with Crippen LogP contribution in [0.15, 0.2) is 72.9 Å². The first-order chi connectivity index (χ1) is 13.3. The van der Waals surface area contributed by atoms with Crippen LogP contribution in [0.5, 0.6) is 11.5 Å². The van der Waals surface area contributed by atoms with Gasteiger partial charge >= 0.3 is 0 Å². The van der Waals surface area contributed by atoms with Crippen LogP contribution in [0.1, 0.15) is 5.56 Å². The molecule has 2 heterocycles. The van der Waals surface area contributed by atoms with E-state index >= 15 is 0 Å². The Morgan fingerprint density at radius 1 is 0.889 bits per heavy atom. The van der Waals surface area contributed by atoms with E-state index in [-0.39, 0.29) is 0 Å². The van der Waals surface area contributed by atoms with E-state index in [0.29, 0.717) is 18.0 Å². The number of hydrogen-bond donors (Lipinski definition) is 1. The van der Waals surface area contributed by atoms with Crippen LogP contribution in [0, 0.1) is 0 Å². The number of benzene rings is 2. The van der Waals surface area contributed by atoms with Crippen molar-refractivity contribution in [3.63, 3.8) is 0 Å². The second-order valence-corrected chi connectivity index (χ2v) is 6.15. The van der Waals surface area contributed by atoms with Crippen LogP contribution < -0.4 is 14.8 Å². The first kappa shape index (κ1) is 17.0. The summed E-state index contributed by atoms with van der Waals surface area (Å²) in [6, 6.07) is 22.2. The average molecular weight is 359 g/mol. The standard InChI is InChI=1S/C22H21N3O2/c1-26-18-12-11-17(14-19(18)27-2)21-22(23-15-16-8-4-3-5-9-16)25-13-7-6-10-20(25)24-21/h3-14,23H,15H2,1-2H3. The molecule has 0 spiro atoms. The normalized spacial score (nSPS) is 10.7. The highest BCUT2D eigenvalue weighted by Crippen LogP contribution is 2.35. The molecule has 1 N–H and O–H groups in total. The zero-order valence-corrected chi connectivity index (χ0v) is 15.3. The Labute approximate surface area is 158 Å². The van der Waals surface area contributed by atoms with Crippen LogP contribution in [-0.2, 0) is 6.54 Å². The number of nitrogens with zero attached hydrogens (tertiary/aromatic N) is 2. The van der Waals surface area contributed by atoms with Gasteiger partial charge in [0.1, 0.15) is 17.2 Å². The van der Waals surface area contributed by atoms with E-state index in [0.717, 1.165) is 22.7 Å². The van der Waals surface area contributed by atoms with E-state index in [1.165, 1.54) is 5.56 Å². The number of methoxy groups -OCH3 is 2. The van der Waals surface area contributed by atoms with Gasteiger partial charge in [-0.1, -0.05) is 36.4 Å². The molecule has 27 heavy (non-hydrogen) atoms. The molecule has 0 amide bonds.